The van der Waals surface area contributed by atoms with Gasteiger partial charge < -0.3 is 0 Å². The average molecular weight is 400 g/mol. The number of sulfonamides is 2. The number of rotatable bonds is 4. The van der Waals surface area contributed by atoms with Gasteiger partial charge in [0.15, 0.2) is 0 Å². The highest BCUT2D eigenvalue weighted by Gasteiger charge is 2.22. The van der Waals surface area contributed by atoms with Crippen molar-refractivity contribution < 1.29 is 16.8 Å². The molecule has 4 rings (SSSR count). The molecule has 0 bridgehead atoms. The summed E-state index contributed by atoms with van der Waals surface area (Å²) in [5.74, 6) is 0. The van der Waals surface area contributed by atoms with E-state index in [1.54, 1.807) is 12.1 Å². The predicted molar refractivity (Wildman–Crippen MR) is 103 cm³/mol. The van der Waals surface area contributed by atoms with Crippen LogP contribution in [-0.4, -0.2) is 16.8 Å². The zero-order chi connectivity index (χ0) is 19.2. The maximum atomic E-state index is 12.7. The Kier molecular flexibility index (Phi) is 4.06. The van der Waals surface area contributed by atoms with Gasteiger partial charge in [-0.1, -0.05) is 30.3 Å². The maximum absolute atomic E-state index is 12.7. The molecule has 0 atom stereocenters. The van der Waals surface area contributed by atoms with Crippen molar-refractivity contribution in [1.29, 1.82) is 0 Å². The van der Waals surface area contributed by atoms with E-state index in [0.29, 0.717) is 6.42 Å². The van der Waals surface area contributed by atoms with Gasteiger partial charge in [0, 0.05) is 5.69 Å². The van der Waals surface area contributed by atoms with E-state index in [9.17, 15) is 16.8 Å². The molecule has 8 heteroatoms. The number of primary sulfonamides is 1. The number of hydrogen-bond acceptors (Lipinski definition) is 4. The number of nitrogens with one attached hydrogen (secondary N) is 1. The van der Waals surface area contributed by atoms with E-state index in [2.05, 4.69) is 4.72 Å². The van der Waals surface area contributed by atoms with Crippen molar-refractivity contribution >= 4 is 25.7 Å². The molecule has 0 amide bonds. The summed E-state index contributed by atoms with van der Waals surface area (Å²) in [4.78, 5) is 0.0744. The second-order valence-electron chi connectivity index (χ2n) is 6.33. The summed E-state index contributed by atoms with van der Waals surface area (Å²) in [6, 6.07) is 18.3. The van der Waals surface area contributed by atoms with Crippen LogP contribution in [0.5, 0.6) is 0 Å². The molecule has 3 N–H and O–H groups in total. The molecule has 138 valence electrons. The van der Waals surface area contributed by atoms with Gasteiger partial charge >= 0.3 is 0 Å². The van der Waals surface area contributed by atoms with Gasteiger partial charge in [-0.15, -0.1) is 0 Å². The summed E-state index contributed by atoms with van der Waals surface area (Å²) in [5, 5.41) is 5.05. The molecule has 0 spiro atoms. The van der Waals surface area contributed by atoms with Crippen LogP contribution >= 0.6 is 0 Å². The monoisotopic (exact) mass is 400 g/mol. The largest absolute Gasteiger partial charge is 0.280 e. The molecule has 0 unspecified atom stereocenters. The quantitative estimate of drug-likeness (QED) is 0.549. The number of fused-ring (bicyclic) bond motifs is 3. The Bertz CT molecular complexity index is 1250. The molecule has 0 saturated heterocycles. The minimum absolute atomic E-state index is 0.0826. The first kappa shape index (κ1) is 17.7. The minimum Gasteiger partial charge on any atom is -0.280 e. The lowest BCUT2D eigenvalue weighted by Gasteiger charge is -2.10. The van der Waals surface area contributed by atoms with E-state index in [1.165, 1.54) is 29.8 Å². The molecule has 3 aromatic carbocycles. The molecule has 27 heavy (non-hydrogen) atoms. The van der Waals surface area contributed by atoms with Gasteiger partial charge in [0.2, 0.25) is 10.0 Å². The van der Waals surface area contributed by atoms with Crippen molar-refractivity contribution in [3.05, 3.63) is 77.9 Å². The summed E-state index contributed by atoms with van der Waals surface area (Å²) >= 11 is 0. The van der Waals surface area contributed by atoms with Gasteiger partial charge in [-0.25, -0.2) is 22.0 Å². The zero-order valence-electron chi connectivity index (χ0n) is 14.1. The molecule has 0 fully saturated rings. The van der Waals surface area contributed by atoms with Crippen LogP contribution in [0.1, 0.15) is 11.1 Å². The van der Waals surface area contributed by atoms with Gasteiger partial charge in [-0.2, -0.15) is 0 Å². The van der Waals surface area contributed by atoms with Crippen molar-refractivity contribution in [1.82, 2.24) is 0 Å². The lowest BCUT2D eigenvalue weighted by molar-refractivity contribution is 0.597. The molecule has 0 aromatic heterocycles. The second kappa shape index (κ2) is 6.19. The fourth-order valence-electron chi connectivity index (χ4n) is 3.22. The van der Waals surface area contributed by atoms with Crippen LogP contribution in [0.15, 0.2) is 76.5 Å². The van der Waals surface area contributed by atoms with Crippen LogP contribution < -0.4 is 9.86 Å². The molecular weight excluding hydrogens is 384 g/mol. The molecule has 0 saturated carbocycles. The van der Waals surface area contributed by atoms with Crippen LogP contribution in [-0.2, 0) is 26.5 Å². The first-order valence-electron chi connectivity index (χ1n) is 8.11. The summed E-state index contributed by atoms with van der Waals surface area (Å²) in [7, 11) is -7.63. The van der Waals surface area contributed by atoms with E-state index in [1.807, 2.05) is 30.3 Å². The lowest BCUT2D eigenvalue weighted by Crippen LogP contribution is -2.14. The Hall–Kier alpha value is -2.68. The van der Waals surface area contributed by atoms with E-state index >= 15 is 0 Å². The summed E-state index contributed by atoms with van der Waals surface area (Å²) < 4.78 is 50.5. The third kappa shape index (κ3) is 3.34. The van der Waals surface area contributed by atoms with Crippen LogP contribution in [0.3, 0.4) is 0 Å². The summed E-state index contributed by atoms with van der Waals surface area (Å²) in [6.07, 6.45) is 0.692. The van der Waals surface area contributed by atoms with E-state index in [0.717, 1.165) is 16.7 Å². The van der Waals surface area contributed by atoms with E-state index < -0.39 is 20.0 Å². The predicted octanol–water partition coefficient (Wildman–Crippen LogP) is 2.71. The molecule has 1 aliphatic rings. The fraction of sp³-hybridized carbons (Fsp3) is 0.0526. The Labute approximate surface area is 157 Å². The highest BCUT2D eigenvalue weighted by atomic mass is 32.2. The van der Waals surface area contributed by atoms with Crippen molar-refractivity contribution in [3.63, 3.8) is 0 Å². The minimum atomic E-state index is -3.83. The van der Waals surface area contributed by atoms with E-state index in [-0.39, 0.29) is 15.5 Å². The third-order valence-corrected chi connectivity index (χ3v) is 6.82. The Morgan fingerprint density at radius 1 is 0.741 bits per heavy atom. The van der Waals surface area contributed by atoms with Gasteiger partial charge in [0.25, 0.3) is 10.0 Å². The maximum Gasteiger partial charge on any atom is 0.261 e. The Morgan fingerprint density at radius 2 is 1.37 bits per heavy atom. The molecule has 1 aliphatic carbocycles. The van der Waals surface area contributed by atoms with Crippen LogP contribution in [0, 0.1) is 0 Å². The Balaban J connectivity index is 1.63. The van der Waals surface area contributed by atoms with Crippen molar-refractivity contribution in [3.8, 4) is 11.1 Å². The smallest absolute Gasteiger partial charge is 0.261 e. The number of benzene rings is 3. The van der Waals surface area contributed by atoms with Crippen LogP contribution in [0.4, 0.5) is 5.69 Å². The van der Waals surface area contributed by atoms with Gasteiger partial charge in [-0.3, -0.25) is 4.72 Å². The van der Waals surface area contributed by atoms with Crippen molar-refractivity contribution in [2.24, 2.45) is 5.14 Å². The number of anilines is 1. The SMILES string of the molecule is NS(=O)(=O)c1ccc(NS(=O)(=O)c2ccc3c(c2)Cc2ccccc2-3)cc1. The number of nitrogens with two attached hydrogens (primary N) is 1. The second-order valence-corrected chi connectivity index (χ2v) is 9.57. The zero-order valence-corrected chi connectivity index (χ0v) is 15.7. The molecule has 6 nitrogen and oxygen atoms in total. The average Bonchev–Trinajstić information content (AvgIpc) is 2.99. The molecular formula is C19H16N2O4S2. The summed E-state index contributed by atoms with van der Waals surface area (Å²) in [5.41, 5.74) is 4.56. The summed E-state index contributed by atoms with van der Waals surface area (Å²) in [6.45, 7) is 0. The van der Waals surface area contributed by atoms with Crippen molar-refractivity contribution in [2.45, 2.75) is 16.2 Å². The molecule has 0 heterocycles. The van der Waals surface area contributed by atoms with Gasteiger partial charge in [-0.05, 0) is 65.1 Å². The third-order valence-electron chi connectivity index (χ3n) is 4.51. The van der Waals surface area contributed by atoms with E-state index in [4.69, 9.17) is 5.14 Å². The van der Waals surface area contributed by atoms with Crippen LogP contribution in [0.25, 0.3) is 11.1 Å². The van der Waals surface area contributed by atoms with Crippen LogP contribution in [0.2, 0.25) is 0 Å². The Morgan fingerprint density at radius 3 is 2.07 bits per heavy atom. The molecule has 0 radical (unpaired) electrons. The van der Waals surface area contributed by atoms with Gasteiger partial charge in [0.05, 0.1) is 9.79 Å². The first-order valence-corrected chi connectivity index (χ1v) is 11.1. The topological polar surface area (TPSA) is 106 Å². The molecule has 0 aliphatic heterocycles. The first-order chi connectivity index (χ1) is 12.7. The normalized spacial score (nSPS) is 13.1. The molecule has 3 aromatic rings. The lowest BCUT2D eigenvalue weighted by atomic mass is 10.1. The number of hydrogen-bond donors (Lipinski definition) is 2. The van der Waals surface area contributed by atoms with Gasteiger partial charge in [0.1, 0.15) is 0 Å². The van der Waals surface area contributed by atoms with Crippen molar-refractivity contribution in [2.75, 3.05) is 4.72 Å². The highest BCUT2D eigenvalue weighted by Crippen LogP contribution is 2.37. The fourth-order valence-corrected chi connectivity index (χ4v) is 4.84. The highest BCUT2D eigenvalue weighted by molar-refractivity contribution is 7.92. The standard InChI is InChI=1S/C19H16N2O4S2/c20-26(22,23)16-7-5-15(6-8-16)21-27(24,25)17-9-10-19-14(12-17)11-13-3-1-2-4-18(13)19/h1-10,12,21H,11H2,(H2,20,22,23).